The molecule has 1 amide bonds. The van der Waals surface area contributed by atoms with Gasteiger partial charge < -0.3 is 10.1 Å². The van der Waals surface area contributed by atoms with Crippen molar-refractivity contribution in [1.82, 2.24) is 9.78 Å². The van der Waals surface area contributed by atoms with Crippen molar-refractivity contribution in [3.8, 4) is 11.5 Å². The number of aryl methyl sites for hydroxylation is 2. The average Bonchev–Trinajstić information content (AvgIpc) is 3.11. The van der Waals surface area contributed by atoms with Crippen LogP contribution in [0.25, 0.3) is 0 Å². The molecule has 1 heterocycles. The lowest BCUT2D eigenvalue weighted by molar-refractivity contribution is -0.384. The van der Waals surface area contributed by atoms with Crippen LogP contribution in [0.3, 0.4) is 0 Å². The second-order valence-electron chi connectivity index (χ2n) is 7.08. The van der Waals surface area contributed by atoms with Gasteiger partial charge in [0.2, 0.25) is 5.91 Å². The van der Waals surface area contributed by atoms with Crippen LogP contribution in [0.5, 0.6) is 11.5 Å². The first-order valence-corrected chi connectivity index (χ1v) is 9.57. The molecule has 0 radical (unpaired) electrons. The van der Waals surface area contributed by atoms with Crippen molar-refractivity contribution in [2.75, 3.05) is 5.32 Å². The minimum absolute atomic E-state index is 0.195. The summed E-state index contributed by atoms with van der Waals surface area (Å²) in [6.45, 7) is 7.48. The maximum atomic E-state index is 12.6. The fraction of sp³-hybridized carbons (Fsp3) is 0.238. The number of amides is 1. The Morgan fingerprint density at radius 1 is 1.23 bits per heavy atom. The second-order valence-corrected chi connectivity index (χ2v) is 7.52. The van der Waals surface area contributed by atoms with Crippen LogP contribution in [0.15, 0.2) is 42.7 Å². The number of halogens is 1. The molecule has 1 aromatic heterocycles. The maximum Gasteiger partial charge on any atom is 0.275 e. The normalized spacial score (nSPS) is 11.8. The minimum Gasteiger partial charge on any atom is -0.457 e. The monoisotopic (exact) mass is 428 g/mol. The Labute approximate surface area is 178 Å². The number of nitro benzene ring substituents is 1. The van der Waals surface area contributed by atoms with E-state index in [9.17, 15) is 14.9 Å². The van der Waals surface area contributed by atoms with E-state index in [1.54, 1.807) is 13.0 Å². The Bertz CT molecular complexity index is 1130. The third kappa shape index (κ3) is 4.77. The Kier molecular flexibility index (Phi) is 6.07. The highest BCUT2D eigenvalue weighted by molar-refractivity contribution is 6.30. The molecule has 0 saturated carbocycles. The van der Waals surface area contributed by atoms with E-state index in [1.807, 2.05) is 32.9 Å². The van der Waals surface area contributed by atoms with Gasteiger partial charge in [0.1, 0.15) is 17.5 Å². The summed E-state index contributed by atoms with van der Waals surface area (Å²) in [6, 6.07) is 7.38. The van der Waals surface area contributed by atoms with Gasteiger partial charge in [-0.2, -0.15) is 5.10 Å². The zero-order valence-corrected chi connectivity index (χ0v) is 17.7. The van der Waals surface area contributed by atoms with Gasteiger partial charge >= 0.3 is 0 Å². The fourth-order valence-corrected chi connectivity index (χ4v) is 3.09. The topological polar surface area (TPSA) is 99.3 Å². The summed E-state index contributed by atoms with van der Waals surface area (Å²) in [5.74, 6) is 0.455. The first-order valence-electron chi connectivity index (χ1n) is 9.19. The van der Waals surface area contributed by atoms with Gasteiger partial charge in [-0.25, -0.2) is 0 Å². The van der Waals surface area contributed by atoms with Gasteiger partial charge in [0, 0.05) is 18.3 Å². The lowest BCUT2D eigenvalue weighted by atomic mass is 10.1. The van der Waals surface area contributed by atoms with Gasteiger partial charge in [0.25, 0.3) is 5.69 Å². The zero-order chi connectivity index (χ0) is 22.0. The molecule has 0 saturated heterocycles. The molecule has 2 aromatic carbocycles. The molecule has 0 spiro atoms. The van der Waals surface area contributed by atoms with Crippen molar-refractivity contribution >= 4 is 28.9 Å². The molecule has 0 aliphatic heterocycles. The molecule has 156 valence electrons. The van der Waals surface area contributed by atoms with Crippen molar-refractivity contribution < 1.29 is 14.5 Å². The van der Waals surface area contributed by atoms with Crippen molar-refractivity contribution in [3.63, 3.8) is 0 Å². The van der Waals surface area contributed by atoms with E-state index in [2.05, 4.69) is 10.4 Å². The van der Waals surface area contributed by atoms with Crippen LogP contribution >= 0.6 is 11.6 Å². The molecule has 1 atom stereocenters. The zero-order valence-electron chi connectivity index (χ0n) is 17.0. The van der Waals surface area contributed by atoms with Gasteiger partial charge in [0.15, 0.2) is 0 Å². The predicted octanol–water partition coefficient (Wildman–Crippen LogP) is 5.36. The van der Waals surface area contributed by atoms with E-state index in [4.69, 9.17) is 16.3 Å². The van der Waals surface area contributed by atoms with Crippen LogP contribution in [0.4, 0.5) is 11.4 Å². The number of carbonyl (C=O) groups excluding carboxylic acids is 1. The fourth-order valence-electron chi connectivity index (χ4n) is 2.95. The molecule has 0 aliphatic rings. The molecule has 0 fully saturated rings. The first kappa shape index (κ1) is 21.3. The van der Waals surface area contributed by atoms with Crippen molar-refractivity contribution in [2.24, 2.45) is 0 Å². The molecule has 1 N–H and O–H groups in total. The third-order valence-corrected chi connectivity index (χ3v) is 4.90. The van der Waals surface area contributed by atoms with Gasteiger partial charge in [0.05, 0.1) is 27.9 Å². The summed E-state index contributed by atoms with van der Waals surface area (Å²) in [5, 5.41) is 18.5. The second kappa shape index (κ2) is 8.54. The summed E-state index contributed by atoms with van der Waals surface area (Å²) >= 11 is 5.85. The SMILES string of the molecule is Cc1cc(C)c(C)c(Oc2cc(NC(=O)C(C)n3cc(Cl)cn3)cc([N+](=O)[O-])c2)c1. The predicted molar refractivity (Wildman–Crippen MR) is 114 cm³/mol. The van der Waals surface area contributed by atoms with Gasteiger partial charge in [-0.1, -0.05) is 17.7 Å². The van der Waals surface area contributed by atoms with Gasteiger partial charge in [-0.05, 0) is 50.5 Å². The maximum absolute atomic E-state index is 12.6. The van der Waals surface area contributed by atoms with E-state index in [1.165, 1.54) is 29.2 Å². The number of nitrogens with one attached hydrogen (secondary N) is 1. The van der Waals surface area contributed by atoms with Crippen LogP contribution in [-0.2, 0) is 4.79 Å². The molecule has 9 heteroatoms. The van der Waals surface area contributed by atoms with Crippen LogP contribution in [-0.4, -0.2) is 20.6 Å². The van der Waals surface area contributed by atoms with E-state index < -0.39 is 16.9 Å². The number of anilines is 1. The summed E-state index contributed by atoms with van der Waals surface area (Å²) in [7, 11) is 0. The number of hydrogen-bond acceptors (Lipinski definition) is 5. The number of hydrogen-bond donors (Lipinski definition) is 1. The van der Waals surface area contributed by atoms with Crippen LogP contribution in [0.1, 0.15) is 29.7 Å². The Morgan fingerprint density at radius 2 is 1.97 bits per heavy atom. The van der Waals surface area contributed by atoms with Crippen LogP contribution in [0, 0.1) is 30.9 Å². The molecule has 1 unspecified atom stereocenters. The highest BCUT2D eigenvalue weighted by Gasteiger charge is 2.19. The van der Waals surface area contributed by atoms with Crippen LogP contribution < -0.4 is 10.1 Å². The lowest BCUT2D eigenvalue weighted by Crippen LogP contribution is -2.24. The molecular formula is C21H21ClN4O4. The number of nitrogens with zero attached hydrogens (tertiary/aromatic N) is 3. The number of carbonyl (C=O) groups is 1. The number of non-ortho nitro benzene ring substituents is 1. The molecular weight excluding hydrogens is 408 g/mol. The highest BCUT2D eigenvalue weighted by atomic mass is 35.5. The van der Waals surface area contributed by atoms with E-state index >= 15 is 0 Å². The largest absolute Gasteiger partial charge is 0.457 e. The Balaban J connectivity index is 1.89. The smallest absolute Gasteiger partial charge is 0.275 e. The molecule has 3 rings (SSSR count). The molecule has 0 aliphatic carbocycles. The van der Waals surface area contributed by atoms with Crippen molar-refractivity contribution in [1.29, 1.82) is 0 Å². The van der Waals surface area contributed by atoms with E-state index in [0.29, 0.717) is 10.8 Å². The van der Waals surface area contributed by atoms with Gasteiger partial charge in [-0.3, -0.25) is 19.6 Å². The summed E-state index contributed by atoms with van der Waals surface area (Å²) < 4.78 is 7.35. The third-order valence-electron chi connectivity index (χ3n) is 4.71. The van der Waals surface area contributed by atoms with E-state index in [0.717, 1.165) is 16.7 Å². The number of nitro groups is 1. The highest BCUT2D eigenvalue weighted by Crippen LogP contribution is 2.33. The molecule has 8 nitrogen and oxygen atoms in total. The number of aromatic nitrogens is 2. The standard InChI is InChI=1S/C21H21ClN4O4/c1-12-5-13(2)14(3)20(6-12)30-19-8-17(7-18(9-19)26(28)29)24-21(27)15(4)25-11-16(22)10-23-25/h5-11,15H,1-4H3,(H,24,27). The molecule has 30 heavy (non-hydrogen) atoms. The molecule has 0 bridgehead atoms. The van der Waals surface area contributed by atoms with Gasteiger partial charge in [-0.15, -0.1) is 0 Å². The quantitative estimate of drug-likeness (QED) is 0.420. The first-order chi connectivity index (χ1) is 14.1. The minimum atomic E-state index is -0.664. The molecule has 3 aromatic rings. The number of benzene rings is 2. The summed E-state index contributed by atoms with van der Waals surface area (Å²) in [5.41, 5.74) is 3.05. The summed E-state index contributed by atoms with van der Waals surface area (Å²) in [6.07, 6.45) is 2.95. The average molecular weight is 429 g/mol. The lowest BCUT2D eigenvalue weighted by Gasteiger charge is -2.15. The Hall–Kier alpha value is -3.39. The number of ether oxygens (including phenoxy) is 1. The van der Waals surface area contributed by atoms with Crippen molar-refractivity contribution in [2.45, 2.75) is 33.7 Å². The summed E-state index contributed by atoms with van der Waals surface area (Å²) in [4.78, 5) is 23.4. The Morgan fingerprint density at radius 3 is 2.60 bits per heavy atom. The number of rotatable bonds is 6. The van der Waals surface area contributed by atoms with E-state index in [-0.39, 0.29) is 17.1 Å². The van der Waals surface area contributed by atoms with Crippen LogP contribution in [0.2, 0.25) is 5.02 Å². The van der Waals surface area contributed by atoms with Crippen molar-refractivity contribution in [3.05, 3.63) is 74.6 Å².